The first-order chi connectivity index (χ1) is 7.97. The van der Waals surface area contributed by atoms with Crippen LogP contribution in [-0.2, 0) is 5.41 Å². The van der Waals surface area contributed by atoms with Gasteiger partial charge in [-0.3, -0.25) is 0 Å². The van der Waals surface area contributed by atoms with Gasteiger partial charge in [0.15, 0.2) is 0 Å². The minimum atomic E-state index is -0.223. The third-order valence-electron chi connectivity index (χ3n) is 3.01. The normalized spacial score (nSPS) is 11.8. The molecule has 0 aliphatic heterocycles. The molecule has 0 aliphatic carbocycles. The van der Waals surface area contributed by atoms with E-state index in [2.05, 4.69) is 26.1 Å². The molecule has 96 valence electrons. The number of nitrogens with one attached hydrogen (secondary N) is 1. The average Bonchev–Trinajstić information content (AvgIpc) is 2.28. The lowest BCUT2D eigenvalue weighted by Crippen LogP contribution is -2.26. The highest BCUT2D eigenvalue weighted by Gasteiger charge is 2.23. The summed E-state index contributed by atoms with van der Waals surface area (Å²) in [6.07, 6.45) is 2.07. The molecule has 0 fully saturated rings. The van der Waals surface area contributed by atoms with E-state index in [1.165, 1.54) is 6.07 Å². The van der Waals surface area contributed by atoms with Crippen molar-refractivity contribution in [2.45, 2.75) is 39.0 Å². The van der Waals surface area contributed by atoms with Crippen LogP contribution in [0.4, 0.5) is 4.39 Å². The van der Waals surface area contributed by atoms with Crippen LogP contribution in [0.3, 0.4) is 0 Å². The first-order valence-electron chi connectivity index (χ1n) is 6.13. The molecule has 0 unspecified atom stereocenters. The molecule has 0 spiro atoms. The Kier molecular flexibility index (Phi) is 5.41. The van der Waals surface area contributed by atoms with Crippen molar-refractivity contribution in [3.8, 4) is 0 Å². The van der Waals surface area contributed by atoms with Crippen molar-refractivity contribution in [1.29, 1.82) is 0 Å². The molecule has 0 aliphatic rings. The van der Waals surface area contributed by atoms with Crippen molar-refractivity contribution in [3.63, 3.8) is 0 Å². The zero-order valence-electron chi connectivity index (χ0n) is 10.8. The Labute approximate surface area is 108 Å². The Bertz CT molecular complexity index is 363. The molecule has 1 aromatic rings. The third-order valence-corrected chi connectivity index (χ3v) is 3.34. The van der Waals surface area contributed by atoms with Crippen LogP contribution < -0.4 is 5.32 Å². The summed E-state index contributed by atoms with van der Waals surface area (Å²) in [7, 11) is 0. The molecule has 1 nitrogen and oxygen atoms in total. The lowest BCUT2D eigenvalue weighted by atomic mass is 9.81. The number of hydrogen-bond acceptors (Lipinski definition) is 1. The second kappa shape index (κ2) is 6.36. The molecule has 0 amide bonds. The number of halogens is 2. The molecular weight excluding hydrogens is 237 g/mol. The molecule has 0 radical (unpaired) electrons. The highest BCUT2D eigenvalue weighted by Crippen LogP contribution is 2.32. The molecule has 0 saturated carbocycles. The maximum absolute atomic E-state index is 13.2. The van der Waals surface area contributed by atoms with Crippen molar-refractivity contribution >= 4 is 11.6 Å². The zero-order valence-corrected chi connectivity index (χ0v) is 11.6. The highest BCUT2D eigenvalue weighted by atomic mass is 35.5. The largest absolute Gasteiger partial charge is 0.317 e. The second-order valence-electron chi connectivity index (χ2n) is 5.01. The van der Waals surface area contributed by atoms with Crippen LogP contribution in [-0.4, -0.2) is 13.1 Å². The lowest BCUT2D eigenvalue weighted by molar-refractivity contribution is 0.454. The van der Waals surface area contributed by atoms with Crippen molar-refractivity contribution in [3.05, 3.63) is 34.6 Å². The van der Waals surface area contributed by atoms with Crippen molar-refractivity contribution in [1.82, 2.24) is 5.32 Å². The standard InChI is InChI=1S/C14H21ClFN/c1-4-8-17-9-7-14(2,3)12-10-11(16)5-6-13(12)15/h5-6,10,17H,4,7-9H2,1-3H3. The fraction of sp³-hybridized carbons (Fsp3) is 0.571. The number of hydrogen-bond donors (Lipinski definition) is 1. The van der Waals surface area contributed by atoms with E-state index in [0.717, 1.165) is 31.5 Å². The molecule has 0 bridgehead atoms. The summed E-state index contributed by atoms with van der Waals surface area (Å²) in [4.78, 5) is 0. The smallest absolute Gasteiger partial charge is 0.123 e. The average molecular weight is 258 g/mol. The zero-order chi connectivity index (χ0) is 12.9. The van der Waals surface area contributed by atoms with Gasteiger partial charge in [-0.15, -0.1) is 0 Å². The molecule has 17 heavy (non-hydrogen) atoms. The van der Waals surface area contributed by atoms with E-state index in [9.17, 15) is 4.39 Å². The summed E-state index contributed by atoms with van der Waals surface area (Å²) < 4.78 is 13.2. The summed E-state index contributed by atoms with van der Waals surface area (Å²) in [5.74, 6) is -0.223. The van der Waals surface area contributed by atoms with Gasteiger partial charge in [-0.05, 0) is 55.1 Å². The summed E-state index contributed by atoms with van der Waals surface area (Å²) in [6, 6.07) is 4.58. The summed E-state index contributed by atoms with van der Waals surface area (Å²) in [6.45, 7) is 8.28. The van der Waals surface area contributed by atoms with Gasteiger partial charge in [0.05, 0.1) is 0 Å². The minimum Gasteiger partial charge on any atom is -0.317 e. The number of rotatable bonds is 6. The minimum absolute atomic E-state index is 0.111. The molecule has 1 aromatic carbocycles. The first kappa shape index (κ1) is 14.5. The molecule has 1 N–H and O–H groups in total. The lowest BCUT2D eigenvalue weighted by Gasteiger charge is -2.26. The SMILES string of the molecule is CCCNCCC(C)(C)c1cc(F)ccc1Cl. The van der Waals surface area contributed by atoms with E-state index in [1.807, 2.05) is 0 Å². The molecular formula is C14H21ClFN. The van der Waals surface area contributed by atoms with Gasteiger partial charge in [0.1, 0.15) is 5.82 Å². The van der Waals surface area contributed by atoms with Crippen LogP contribution in [0.15, 0.2) is 18.2 Å². The Balaban J connectivity index is 2.71. The van der Waals surface area contributed by atoms with Crippen molar-refractivity contribution < 1.29 is 4.39 Å². The van der Waals surface area contributed by atoms with E-state index in [0.29, 0.717) is 5.02 Å². The third kappa shape index (κ3) is 4.29. The molecule has 1 rings (SSSR count). The Morgan fingerprint density at radius 3 is 2.65 bits per heavy atom. The van der Waals surface area contributed by atoms with Crippen LogP contribution in [0.1, 0.15) is 39.2 Å². The molecule has 0 heterocycles. The fourth-order valence-corrected chi connectivity index (χ4v) is 2.23. The number of benzene rings is 1. The molecule has 0 atom stereocenters. The van der Waals surface area contributed by atoms with Crippen LogP contribution in [0, 0.1) is 5.82 Å². The Morgan fingerprint density at radius 1 is 1.29 bits per heavy atom. The molecule has 3 heteroatoms. The van der Waals surface area contributed by atoms with Crippen molar-refractivity contribution in [2.75, 3.05) is 13.1 Å². The monoisotopic (exact) mass is 257 g/mol. The van der Waals surface area contributed by atoms with Crippen LogP contribution >= 0.6 is 11.6 Å². The van der Waals surface area contributed by atoms with Gasteiger partial charge in [-0.25, -0.2) is 4.39 Å². The maximum atomic E-state index is 13.2. The fourth-order valence-electron chi connectivity index (χ4n) is 1.85. The highest BCUT2D eigenvalue weighted by molar-refractivity contribution is 6.31. The quantitative estimate of drug-likeness (QED) is 0.755. The topological polar surface area (TPSA) is 12.0 Å². The molecule has 0 aromatic heterocycles. The maximum Gasteiger partial charge on any atom is 0.123 e. The van der Waals surface area contributed by atoms with Gasteiger partial charge < -0.3 is 5.32 Å². The van der Waals surface area contributed by atoms with Gasteiger partial charge in [-0.2, -0.15) is 0 Å². The first-order valence-corrected chi connectivity index (χ1v) is 6.51. The van der Waals surface area contributed by atoms with E-state index >= 15 is 0 Å². The predicted molar refractivity (Wildman–Crippen MR) is 72.2 cm³/mol. The molecule has 0 saturated heterocycles. The predicted octanol–water partition coefficient (Wildman–Crippen LogP) is 4.15. The summed E-state index contributed by atoms with van der Waals surface area (Å²) in [5, 5.41) is 4.00. The van der Waals surface area contributed by atoms with E-state index in [4.69, 9.17) is 11.6 Å². The summed E-state index contributed by atoms with van der Waals surface area (Å²) >= 11 is 6.13. The van der Waals surface area contributed by atoms with Gasteiger partial charge in [-0.1, -0.05) is 32.4 Å². The van der Waals surface area contributed by atoms with Gasteiger partial charge in [0.2, 0.25) is 0 Å². The van der Waals surface area contributed by atoms with Gasteiger partial charge in [0, 0.05) is 5.02 Å². The van der Waals surface area contributed by atoms with Crippen molar-refractivity contribution in [2.24, 2.45) is 0 Å². The van der Waals surface area contributed by atoms with E-state index in [1.54, 1.807) is 12.1 Å². The summed E-state index contributed by atoms with van der Waals surface area (Å²) in [5.41, 5.74) is 0.775. The Morgan fingerprint density at radius 2 is 2.00 bits per heavy atom. The second-order valence-corrected chi connectivity index (χ2v) is 5.42. The Hall–Kier alpha value is -0.600. The van der Waals surface area contributed by atoms with E-state index in [-0.39, 0.29) is 11.2 Å². The van der Waals surface area contributed by atoms with E-state index < -0.39 is 0 Å². The van der Waals surface area contributed by atoms with Gasteiger partial charge >= 0.3 is 0 Å². The van der Waals surface area contributed by atoms with Crippen LogP contribution in [0.5, 0.6) is 0 Å². The van der Waals surface area contributed by atoms with Crippen LogP contribution in [0.2, 0.25) is 5.02 Å². The van der Waals surface area contributed by atoms with Crippen LogP contribution in [0.25, 0.3) is 0 Å². The van der Waals surface area contributed by atoms with Gasteiger partial charge in [0.25, 0.3) is 0 Å².